The molecular weight excluding hydrogens is 229 g/mol. The van der Waals surface area contributed by atoms with E-state index in [1.807, 2.05) is 0 Å². The van der Waals surface area contributed by atoms with Crippen molar-refractivity contribution < 1.29 is 23.0 Å². The van der Waals surface area contributed by atoms with Gasteiger partial charge in [0.25, 0.3) is 0 Å². The van der Waals surface area contributed by atoms with Gasteiger partial charge < -0.3 is 20.6 Å². The normalized spacial score (nSPS) is 11.6. The molecule has 0 aromatic carbocycles. The number of hydrogen-bond donors (Lipinski definition) is 3. The average Bonchev–Trinajstić information content (AvgIpc) is 2.14. The fourth-order valence-electron chi connectivity index (χ4n) is 1.15. The minimum atomic E-state index is -4.90. The Hall–Kier alpha value is -1.54. The van der Waals surface area contributed by atoms with Crippen molar-refractivity contribution in [2.45, 2.75) is 19.5 Å². The second kappa shape index (κ2) is 4.54. The van der Waals surface area contributed by atoms with Gasteiger partial charge in [0, 0.05) is 18.2 Å². The van der Waals surface area contributed by atoms with Gasteiger partial charge in [-0.05, 0) is 0 Å². The summed E-state index contributed by atoms with van der Waals surface area (Å²) in [6, 6.07) is 0.634. The maximum Gasteiger partial charge on any atom is 0.574 e. The number of halogens is 3. The summed E-state index contributed by atoms with van der Waals surface area (Å²) in [5.41, 5.74) is 4.43. The molecule has 0 amide bonds. The summed E-state index contributed by atoms with van der Waals surface area (Å²) in [4.78, 5) is 13.4. The summed E-state index contributed by atoms with van der Waals surface area (Å²) in [5.74, 6) is -0.779. The van der Waals surface area contributed by atoms with Crippen LogP contribution in [0.5, 0.6) is 5.88 Å². The SMILES string of the molecule is NCc1c(CO)[nH]c(OC(F)(F)F)cc1=O. The van der Waals surface area contributed by atoms with Gasteiger partial charge >= 0.3 is 6.36 Å². The lowest BCUT2D eigenvalue weighted by Crippen LogP contribution is -2.22. The minimum Gasteiger partial charge on any atom is -0.390 e. The van der Waals surface area contributed by atoms with E-state index < -0.39 is 24.3 Å². The Bertz CT molecular complexity index is 428. The molecule has 1 aromatic rings. The smallest absolute Gasteiger partial charge is 0.390 e. The highest BCUT2D eigenvalue weighted by Crippen LogP contribution is 2.20. The van der Waals surface area contributed by atoms with Crippen molar-refractivity contribution >= 4 is 0 Å². The van der Waals surface area contributed by atoms with E-state index in [9.17, 15) is 18.0 Å². The largest absolute Gasteiger partial charge is 0.574 e. The topological polar surface area (TPSA) is 88.3 Å². The number of aromatic nitrogens is 1. The summed E-state index contributed by atoms with van der Waals surface area (Å²) in [6.07, 6.45) is -4.90. The van der Waals surface area contributed by atoms with Crippen LogP contribution in [0.2, 0.25) is 0 Å². The number of hydrogen-bond acceptors (Lipinski definition) is 4. The molecule has 0 atom stereocenters. The molecule has 1 rings (SSSR count). The Labute approximate surface area is 87.7 Å². The first-order valence-corrected chi connectivity index (χ1v) is 4.19. The molecule has 0 aliphatic heterocycles. The fraction of sp³-hybridized carbons (Fsp3) is 0.375. The number of aliphatic hydroxyl groups excluding tert-OH is 1. The van der Waals surface area contributed by atoms with Gasteiger partial charge in [0.1, 0.15) is 0 Å². The van der Waals surface area contributed by atoms with Crippen LogP contribution in [0.15, 0.2) is 10.9 Å². The summed E-state index contributed by atoms with van der Waals surface area (Å²) in [6.45, 7) is -0.811. The third-order valence-electron chi connectivity index (χ3n) is 1.79. The predicted octanol–water partition coefficient (Wildman–Crippen LogP) is 0.225. The highest BCUT2D eigenvalue weighted by molar-refractivity contribution is 5.25. The third-order valence-corrected chi connectivity index (χ3v) is 1.79. The van der Waals surface area contributed by atoms with Gasteiger partial charge in [-0.15, -0.1) is 13.2 Å². The van der Waals surface area contributed by atoms with Crippen molar-refractivity contribution in [3.63, 3.8) is 0 Å². The van der Waals surface area contributed by atoms with Gasteiger partial charge in [0.05, 0.1) is 12.3 Å². The number of ether oxygens (including phenoxy) is 1. The zero-order valence-electron chi connectivity index (χ0n) is 7.97. The van der Waals surface area contributed by atoms with Gasteiger partial charge in [-0.2, -0.15) is 0 Å². The molecule has 0 aliphatic rings. The molecule has 1 aromatic heterocycles. The van der Waals surface area contributed by atoms with E-state index in [1.165, 1.54) is 0 Å². The van der Waals surface area contributed by atoms with E-state index in [2.05, 4.69) is 9.72 Å². The van der Waals surface area contributed by atoms with E-state index in [-0.39, 0.29) is 17.8 Å². The molecule has 0 saturated carbocycles. The third kappa shape index (κ3) is 2.97. The molecule has 0 fully saturated rings. The lowest BCUT2D eigenvalue weighted by molar-refractivity contribution is -0.276. The Morgan fingerprint density at radius 3 is 2.56 bits per heavy atom. The maximum atomic E-state index is 11.9. The highest BCUT2D eigenvalue weighted by Gasteiger charge is 2.32. The Morgan fingerprint density at radius 1 is 1.50 bits per heavy atom. The van der Waals surface area contributed by atoms with Crippen LogP contribution >= 0.6 is 0 Å². The molecule has 0 aliphatic carbocycles. The van der Waals surface area contributed by atoms with Crippen molar-refractivity contribution in [1.29, 1.82) is 0 Å². The van der Waals surface area contributed by atoms with Crippen LogP contribution in [0, 0.1) is 0 Å². The lowest BCUT2D eigenvalue weighted by atomic mass is 10.2. The summed E-state index contributed by atoms with van der Waals surface area (Å²) < 4.78 is 39.1. The number of H-pyrrole nitrogens is 1. The van der Waals surface area contributed by atoms with Crippen molar-refractivity contribution in [3.05, 3.63) is 27.5 Å². The molecular formula is C8H9F3N2O3. The predicted molar refractivity (Wildman–Crippen MR) is 47.6 cm³/mol. The number of pyridine rings is 1. The molecule has 0 unspecified atom stereocenters. The van der Waals surface area contributed by atoms with E-state index in [4.69, 9.17) is 10.8 Å². The molecule has 90 valence electrons. The molecule has 8 heteroatoms. The van der Waals surface area contributed by atoms with E-state index in [0.29, 0.717) is 6.07 Å². The Morgan fingerprint density at radius 2 is 2.12 bits per heavy atom. The van der Waals surface area contributed by atoms with Gasteiger partial charge in [0.15, 0.2) is 5.43 Å². The molecule has 0 radical (unpaired) electrons. The molecule has 16 heavy (non-hydrogen) atoms. The Kier molecular flexibility index (Phi) is 3.55. The monoisotopic (exact) mass is 238 g/mol. The molecule has 0 saturated heterocycles. The molecule has 4 N–H and O–H groups in total. The van der Waals surface area contributed by atoms with Gasteiger partial charge in [0.2, 0.25) is 5.88 Å². The molecule has 1 heterocycles. The molecule has 0 spiro atoms. The average molecular weight is 238 g/mol. The number of nitrogens with two attached hydrogens (primary N) is 1. The van der Waals surface area contributed by atoms with Crippen molar-refractivity contribution in [2.75, 3.05) is 0 Å². The van der Waals surface area contributed by atoms with Crippen molar-refractivity contribution in [1.82, 2.24) is 4.98 Å². The van der Waals surface area contributed by atoms with Crippen molar-refractivity contribution in [2.24, 2.45) is 5.73 Å². The number of aromatic amines is 1. The van der Waals surface area contributed by atoms with Crippen LogP contribution < -0.4 is 15.9 Å². The number of alkyl halides is 3. The number of nitrogens with one attached hydrogen (secondary N) is 1. The number of aliphatic hydroxyl groups is 1. The van der Waals surface area contributed by atoms with Crippen molar-refractivity contribution in [3.8, 4) is 5.88 Å². The second-order valence-electron chi connectivity index (χ2n) is 2.86. The highest BCUT2D eigenvalue weighted by atomic mass is 19.4. The summed E-state index contributed by atoms with van der Waals surface area (Å²) >= 11 is 0. The lowest BCUT2D eigenvalue weighted by Gasteiger charge is -2.11. The molecule has 5 nitrogen and oxygen atoms in total. The molecule has 0 bridgehead atoms. The van der Waals surface area contributed by atoms with Crippen LogP contribution in [0.4, 0.5) is 13.2 Å². The summed E-state index contributed by atoms with van der Waals surface area (Å²) in [7, 11) is 0. The van der Waals surface area contributed by atoms with E-state index in [1.54, 1.807) is 0 Å². The van der Waals surface area contributed by atoms with Gasteiger partial charge in [-0.25, -0.2) is 0 Å². The van der Waals surface area contributed by atoms with E-state index in [0.717, 1.165) is 0 Å². The van der Waals surface area contributed by atoms with Crippen LogP contribution in [0.25, 0.3) is 0 Å². The quantitative estimate of drug-likeness (QED) is 0.703. The maximum absolute atomic E-state index is 11.9. The van der Waals surface area contributed by atoms with Crippen LogP contribution in [0.3, 0.4) is 0 Å². The number of rotatable bonds is 3. The van der Waals surface area contributed by atoms with Crippen LogP contribution in [-0.4, -0.2) is 16.5 Å². The van der Waals surface area contributed by atoms with E-state index >= 15 is 0 Å². The minimum absolute atomic E-state index is 0.0250. The van der Waals surface area contributed by atoms with Gasteiger partial charge in [-0.3, -0.25) is 4.79 Å². The van der Waals surface area contributed by atoms with Crippen LogP contribution in [0.1, 0.15) is 11.3 Å². The fourth-order valence-corrected chi connectivity index (χ4v) is 1.15. The first-order chi connectivity index (χ1) is 7.37. The Balaban J connectivity index is 3.16. The zero-order chi connectivity index (χ0) is 12.3. The standard InChI is InChI=1S/C8H9F3N2O3/c9-8(10,11)16-7-1-6(15)4(2-12)5(3-14)13-7/h1,14H,2-3,12H2,(H,13,15). The second-order valence-corrected chi connectivity index (χ2v) is 2.86. The summed E-state index contributed by atoms with van der Waals surface area (Å²) in [5, 5.41) is 8.83. The van der Waals surface area contributed by atoms with Gasteiger partial charge in [-0.1, -0.05) is 0 Å². The first-order valence-electron chi connectivity index (χ1n) is 4.19. The zero-order valence-corrected chi connectivity index (χ0v) is 7.97. The first kappa shape index (κ1) is 12.5. The van der Waals surface area contributed by atoms with Crippen LogP contribution in [-0.2, 0) is 13.2 Å².